The van der Waals surface area contributed by atoms with Crippen molar-refractivity contribution in [2.75, 3.05) is 39.9 Å². The van der Waals surface area contributed by atoms with Gasteiger partial charge in [0.15, 0.2) is 5.96 Å². The van der Waals surface area contributed by atoms with Crippen molar-refractivity contribution >= 4 is 41.3 Å². The van der Waals surface area contributed by atoms with Gasteiger partial charge in [-0.3, -0.25) is 14.9 Å². The molecule has 0 saturated carbocycles. The molecular weight excluding hydrogens is 473 g/mol. The van der Waals surface area contributed by atoms with E-state index in [-0.39, 0.29) is 24.0 Å². The highest BCUT2D eigenvalue weighted by atomic mass is 127. The summed E-state index contributed by atoms with van der Waals surface area (Å²) in [6.45, 7) is 7.14. The number of hydrogen-bond acceptors (Lipinski definition) is 5. The Morgan fingerprint density at radius 1 is 1.26 bits per heavy atom. The summed E-state index contributed by atoms with van der Waals surface area (Å²) in [6, 6.07) is 10.7. The van der Waals surface area contributed by atoms with Crippen molar-refractivity contribution in [1.29, 1.82) is 0 Å². The summed E-state index contributed by atoms with van der Waals surface area (Å²) in [5.74, 6) is 0.794. The molecule has 2 aromatic rings. The SMILES string of the molecule is CN=C(NCc1ccccn1)NCC(c1ccc(C)s1)N1CCOCC1.I. The minimum Gasteiger partial charge on any atom is -0.379 e. The molecule has 1 aliphatic rings. The Kier molecular flexibility index (Phi) is 9.46. The molecule has 0 aliphatic carbocycles. The highest BCUT2D eigenvalue weighted by Crippen LogP contribution is 2.27. The number of morpholine rings is 1. The van der Waals surface area contributed by atoms with Crippen LogP contribution >= 0.6 is 35.3 Å². The minimum absolute atomic E-state index is 0. The van der Waals surface area contributed by atoms with Gasteiger partial charge in [-0.05, 0) is 31.2 Å². The van der Waals surface area contributed by atoms with Crippen molar-refractivity contribution in [2.24, 2.45) is 4.99 Å². The maximum Gasteiger partial charge on any atom is 0.191 e. The van der Waals surface area contributed by atoms with Crippen molar-refractivity contribution in [2.45, 2.75) is 19.5 Å². The van der Waals surface area contributed by atoms with Crippen LogP contribution < -0.4 is 10.6 Å². The molecule has 0 radical (unpaired) electrons. The quantitative estimate of drug-likeness (QED) is 0.362. The van der Waals surface area contributed by atoms with E-state index in [9.17, 15) is 0 Å². The Bertz CT molecular complexity index is 703. The molecule has 1 fully saturated rings. The number of hydrogen-bond donors (Lipinski definition) is 2. The lowest BCUT2D eigenvalue weighted by Gasteiger charge is -2.34. The van der Waals surface area contributed by atoms with E-state index in [4.69, 9.17) is 4.74 Å². The number of rotatable bonds is 6. The fraction of sp³-hybridized carbons (Fsp3) is 0.474. The first-order valence-electron chi connectivity index (χ1n) is 8.99. The van der Waals surface area contributed by atoms with Crippen molar-refractivity contribution in [3.8, 4) is 0 Å². The van der Waals surface area contributed by atoms with Crippen LogP contribution in [0.25, 0.3) is 0 Å². The van der Waals surface area contributed by atoms with Crippen LogP contribution in [0.1, 0.15) is 21.5 Å². The van der Waals surface area contributed by atoms with Crippen LogP contribution in [0.3, 0.4) is 0 Å². The highest BCUT2D eigenvalue weighted by molar-refractivity contribution is 14.0. The third-order valence-electron chi connectivity index (χ3n) is 4.43. The zero-order valence-electron chi connectivity index (χ0n) is 15.9. The standard InChI is InChI=1S/C19H27N5OS.HI/c1-15-6-7-18(26-15)17(24-9-11-25-12-10-24)14-23-19(20-2)22-13-16-5-3-4-8-21-16;/h3-8,17H,9-14H2,1-2H3,(H2,20,22,23);1H. The molecule has 1 aliphatic heterocycles. The summed E-state index contributed by atoms with van der Waals surface area (Å²) in [5, 5.41) is 6.82. The van der Waals surface area contributed by atoms with Gasteiger partial charge in [0.25, 0.3) is 0 Å². The Balaban J connectivity index is 0.00000261. The maximum atomic E-state index is 5.52. The predicted octanol–water partition coefficient (Wildman–Crippen LogP) is 2.81. The lowest BCUT2D eigenvalue weighted by Crippen LogP contribution is -2.46. The third kappa shape index (κ3) is 6.70. The summed E-state index contributed by atoms with van der Waals surface area (Å²) in [7, 11) is 1.80. The number of guanidine groups is 1. The molecule has 2 aromatic heterocycles. The topological polar surface area (TPSA) is 61.8 Å². The Morgan fingerprint density at radius 2 is 2.07 bits per heavy atom. The first-order chi connectivity index (χ1) is 12.8. The van der Waals surface area contributed by atoms with Gasteiger partial charge < -0.3 is 15.4 Å². The van der Waals surface area contributed by atoms with E-state index in [1.165, 1.54) is 9.75 Å². The normalized spacial score (nSPS) is 16.4. The first-order valence-corrected chi connectivity index (χ1v) is 9.80. The van der Waals surface area contributed by atoms with Gasteiger partial charge in [-0.1, -0.05) is 6.07 Å². The molecule has 3 rings (SSSR count). The Labute approximate surface area is 182 Å². The van der Waals surface area contributed by atoms with Gasteiger partial charge in [0.2, 0.25) is 0 Å². The van der Waals surface area contributed by atoms with Gasteiger partial charge in [-0.15, -0.1) is 35.3 Å². The molecule has 0 bridgehead atoms. The third-order valence-corrected chi connectivity index (χ3v) is 5.53. The number of aliphatic imine (C=N–C) groups is 1. The lowest BCUT2D eigenvalue weighted by molar-refractivity contribution is 0.0177. The average molecular weight is 501 g/mol. The van der Waals surface area contributed by atoms with Crippen molar-refractivity contribution < 1.29 is 4.74 Å². The molecule has 1 atom stereocenters. The van der Waals surface area contributed by atoms with Crippen LogP contribution in [0, 0.1) is 6.92 Å². The number of pyridine rings is 1. The maximum absolute atomic E-state index is 5.52. The number of nitrogens with one attached hydrogen (secondary N) is 2. The number of ether oxygens (including phenoxy) is 1. The molecule has 3 heterocycles. The van der Waals surface area contributed by atoms with Crippen LogP contribution in [-0.4, -0.2) is 55.7 Å². The van der Waals surface area contributed by atoms with Crippen LogP contribution in [0.15, 0.2) is 41.5 Å². The van der Waals surface area contributed by atoms with Gasteiger partial charge >= 0.3 is 0 Å². The van der Waals surface area contributed by atoms with Gasteiger partial charge in [0, 0.05) is 42.6 Å². The fourth-order valence-electron chi connectivity index (χ4n) is 3.02. The summed E-state index contributed by atoms with van der Waals surface area (Å²) < 4.78 is 5.52. The summed E-state index contributed by atoms with van der Waals surface area (Å²) in [6.07, 6.45) is 1.81. The second kappa shape index (κ2) is 11.6. The van der Waals surface area contributed by atoms with E-state index in [2.05, 4.69) is 44.6 Å². The monoisotopic (exact) mass is 501 g/mol. The lowest BCUT2D eigenvalue weighted by atomic mass is 10.2. The molecule has 0 aromatic carbocycles. The van der Waals surface area contributed by atoms with Gasteiger partial charge in [0.1, 0.15) is 0 Å². The zero-order chi connectivity index (χ0) is 18.2. The molecule has 27 heavy (non-hydrogen) atoms. The predicted molar refractivity (Wildman–Crippen MR) is 122 cm³/mol. The summed E-state index contributed by atoms with van der Waals surface area (Å²) >= 11 is 1.87. The van der Waals surface area contributed by atoms with Gasteiger partial charge in [-0.2, -0.15) is 0 Å². The van der Waals surface area contributed by atoms with E-state index in [1.807, 2.05) is 29.5 Å². The summed E-state index contributed by atoms with van der Waals surface area (Å²) in [5.41, 5.74) is 0.995. The molecule has 2 N–H and O–H groups in total. The molecule has 0 amide bonds. The fourth-order valence-corrected chi connectivity index (χ4v) is 4.03. The van der Waals surface area contributed by atoms with E-state index < -0.39 is 0 Å². The van der Waals surface area contributed by atoms with Gasteiger partial charge in [0.05, 0.1) is 31.5 Å². The Morgan fingerprint density at radius 3 is 2.70 bits per heavy atom. The first kappa shape index (κ1) is 22.1. The van der Waals surface area contributed by atoms with E-state index in [0.717, 1.165) is 44.5 Å². The second-order valence-corrected chi connectivity index (χ2v) is 7.56. The Hall–Kier alpha value is -1.23. The highest BCUT2D eigenvalue weighted by Gasteiger charge is 2.24. The molecule has 8 heteroatoms. The summed E-state index contributed by atoms with van der Waals surface area (Å²) in [4.78, 5) is 13.9. The zero-order valence-corrected chi connectivity index (χ0v) is 19.0. The molecule has 1 saturated heterocycles. The van der Waals surface area contributed by atoms with E-state index in [1.54, 1.807) is 13.2 Å². The number of aryl methyl sites for hydroxylation is 1. The van der Waals surface area contributed by atoms with Crippen LogP contribution in [0.5, 0.6) is 0 Å². The molecule has 148 valence electrons. The smallest absolute Gasteiger partial charge is 0.191 e. The van der Waals surface area contributed by atoms with Crippen LogP contribution in [-0.2, 0) is 11.3 Å². The number of nitrogens with zero attached hydrogens (tertiary/aromatic N) is 3. The van der Waals surface area contributed by atoms with Crippen molar-refractivity contribution in [1.82, 2.24) is 20.5 Å². The second-order valence-electron chi connectivity index (χ2n) is 6.24. The van der Waals surface area contributed by atoms with Crippen molar-refractivity contribution in [3.05, 3.63) is 52.0 Å². The largest absolute Gasteiger partial charge is 0.379 e. The van der Waals surface area contributed by atoms with Crippen LogP contribution in [0.4, 0.5) is 0 Å². The van der Waals surface area contributed by atoms with E-state index >= 15 is 0 Å². The molecular formula is C19H28IN5OS. The number of halogens is 1. The van der Waals surface area contributed by atoms with E-state index in [0.29, 0.717) is 12.6 Å². The minimum atomic E-state index is 0. The molecule has 1 unspecified atom stereocenters. The average Bonchev–Trinajstić information content (AvgIpc) is 3.12. The van der Waals surface area contributed by atoms with Gasteiger partial charge in [-0.25, -0.2) is 0 Å². The number of aromatic nitrogens is 1. The molecule has 0 spiro atoms. The molecule has 6 nitrogen and oxygen atoms in total. The number of thiophene rings is 1. The van der Waals surface area contributed by atoms with Crippen LogP contribution in [0.2, 0.25) is 0 Å². The van der Waals surface area contributed by atoms with Crippen molar-refractivity contribution in [3.63, 3.8) is 0 Å².